The minimum Gasteiger partial charge on any atom is -0.565 e. The molecule has 0 radical (unpaired) electrons. The van der Waals surface area contributed by atoms with E-state index in [1.165, 1.54) is 0 Å². The SMILES string of the molecule is [CH2-]c1ccccc1O.[Na+]. The molecule has 1 N–H and O–H groups in total. The fourth-order valence-corrected chi connectivity index (χ4v) is 0.511. The molecule has 1 aromatic rings. The van der Waals surface area contributed by atoms with E-state index in [0.29, 0.717) is 5.56 Å². The van der Waals surface area contributed by atoms with E-state index in [-0.39, 0.29) is 35.3 Å². The summed E-state index contributed by atoms with van der Waals surface area (Å²) in [6.45, 7) is 3.57. The van der Waals surface area contributed by atoms with Gasteiger partial charge in [0.2, 0.25) is 0 Å². The zero-order valence-corrected chi connectivity index (χ0v) is 7.46. The van der Waals surface area contributed by atoms with E-state index >= 15 is 0 Å². The third-order valence-corrected chi connectivity index (χ3v) is 0.992. The average Bonchev–Trinajstić information content (AvgIpc) is 1.77. The molecule has 0 spiro atoms. The zero-order chi connectivity index (χ0) is 5.98. The summed E-state index contributed by atoms with van der Waals surface area (Å²) in [6, 6.07) is 6.98. The van der Waals surface area contributed by atoms with Crippen molar-refractivity contribution in [2.75, 3.05) is 0 Å². The molecule has 0 unspecified atom stereocenters. The maximum absolute atomic E-state index is 8.86. The van der Waals surface area contributed by atoms with Crippen LogP contribution in [0, 0.1) is 6.92 Å². The predicted molar refractivity (Wildman–Crippen MR) is 32.6 cm³/mol. The van der Waals surface area contributed by atoms with Gasteiger partial charge in [0.05, 0.1) is 0 Å². The van der Waals surface area contributed by atoms with Gasteiger partial charge in [-0.25, -0.2) is 0 Å². The van der Waals surface area contributed by atoms with E-state index < -0.39 is 0 Å². The standard InChI is InChI=1S/C7H7O.Na/c1-6-4-2-3-5-7(6)8;/h2-5,8H,1H2;/q-1;+1. The average molecular weight is 130 g/mol. The van der Waals surface area contributed by atoms with Gasteiger partial charge in [0, 0.05) is 5.75 Å². The third-order valence-electron chi connectivity index (χ3n) is 0.992. The van der Waals surface area contributed by atoms with Crippen molar-refractivity contribution in [3.63, 3.8) is 0 Å². The predicted octanol–water partition coefficient (Wildman–Crippen LogP) is -1.42. The quantitative estimate of drug-likeness (QED) is 0.337. The first-order valence-electron chi connectivity index (χ1n) is 2.40. The first kappa shape index (κ1) is 8.89. The van der Waals surface area contributed by atoms with Gasteiger partial charge in [0.1, 0.15) is 0 Å². The molecule has 1 rings (SSSR count). The fourth-order valence-electron chi connectivity index (χ4n) is 0.511. The first-order valence-corrected chi connectivity index (χ1v) is 2.40. The molecule has 2 heteroatoms. The van der Waals surface area contributed by atoms with Gasteiger partial charge in [-0.2, -0.15) is 18.6 Å². The summed E-state index contributed by atoms with van der Waals surface area (Å²) in [5, 5.41) is 8.86. The molecule has 1 nitrogen and oxygen atoms in total. The number of para-hydroxylation sites is 1. The van der Waals surface area contributed by atoms with Crippen LogP contribution in [0.1, 0.15) is 5.56 Å². The van der Waals surface area contributed by atoms with Crippen LogP contribution in [0.25, 0.3) is 0 Å². The van der Waals surface area contributed by atoms with Crippen molar-refractivity contribution in [3.05, 3.63) is 36.8 Å². The molecular formula is C7H7NaO. The molecule has 42 valence electrons. The van der Waals surface area contributed by atoms with Gasteiger partial charge in [-0.15, -0.1) is 6.07 Å². The molecule has 0 bridgehead atoms. The van der Waals surface area contributed by atoms with Crippen LogP contribution in [-0.4, -0.2) is 5.11 Å². The summed E-state index contributed by atoms with van der Waals surface area (Å²) >= 11 is 0. The summed E-state index contributed by atoms with van der Waals surface area (Å²) in [5.41, 5.74) is 0.674. The van der Waals surface area contributed by atoms with Gasteiger partial charge in [0.15, 0.2) is 0 Å². The van der Waals surface area contributed by atoms with Crippen LogP contribution in [-0.2, 0) is 0 Å². The van der Waals surface area contributed by atoms with Crippen molar-refractivity contribution in [1.82, 2.24) is 0 Å². The maximum Gasteiger partial charge on any atom is 1.00 e. The normalized spacial score (nSPS) is 8.00. The van der Waals surface area contributed by atoms with Crippen molar-refractivity contribution in [2.45, 2.75) is 0 Å². The molecular weight excluding hydrogens is 123 g/mol. The van der Waals surface area contributed by atoms with Crippen molar-refractivity contribution >= 4 is 0 Å². The minimum absolute atomic E-state index is 0. The Morgan fingerprint density at radius 1 is 1.22 bits per heavy atom. The molecule has 0 amide bonds. The number of hydrogen-bond acceptors (Lipinski definition) is 1. The van der Waals surface area contributed by atoms with Crippen LogP contribution in [0.4, 0.5) is 0 Å². The summed E-state index contributed by atoms with van der Waals surface area (Å²) in [6.07, 6.45) is 0. The number of phenolic OH excluding ortho intramolecular Hbond substituents is 1. The Morgan fingerprint density at radius 2 is 1.78 bits per heavy atom. The second-order valence-electron chi connectivity index (χ2n) is 1.63. The van der Waals surface area contributed by atoms with Crippen LogP contribution in [0.5, 0.6) is 5.75 Å². The summed E-state index contributed by atoms with van der Waals surface area (Å²) in [5.74, 6) is 0.257. The van der Waals surface area contributed by atoms with Crippen molar-refractivity contribution in [2.24, 2.45) is 0 Å². The number of phenols is 1. The largest absolute Gasteiger partial charge is 1.00 e. The van der Waals surface area contributed by atoms with Crippen LogP contribution in [0.2, 0.25) is 0 Å². The van der Waals surface area contributed by atoms with Gasteiger partial charge in [-0.3, -0.25) is 0 Å². The Bertz CT molecular complexity index is 165. The zero-order valence-electron chi connectivity index (χ0n) is 5.46. The van der Waals surface area contributed by atoms with E-state index in [2.05, 4.69) is 6.92 Å². The number of rotatable bonds is 0. The van der Waals surface area contributed by atoms with E-state index in [9.17, 15) is 0 Å². The van der Waals surface area contributed by atoms with Gasteiger partial charge in [-0.05, 0) is 0 Å². The summed E-state index contributed by atoms with van der Waals surface area (Å²) in [7, 11) is 0. The van der Waals surface area contributed by atoms with Gasteiger partial charge in [-0.1, -0.05) is 12.1 Å². The Hall–Kier alpha value is -0.110. The minimum atomic E-state index is 0. The molecule has 0 aliphatic carbocycles. The Kier molecular flexibility index (Phi) is 3.78. The molecule has 0 aromatic heterocycles. The van der Waals surface area contributed by atoms with E-state index in [1.807, 2.05) is 6.07 Å². The second kappa shape index (κ2) is 3.83. The van der Waals surface area contributed by atoms with Crippen molar-refractivity contribution in [3.8, 4) is 5.75 Å². The van der Waals surface area contributed by atoms with E-state index in [0.717, 1.165) is 0 Å². The Morgan fingerprint density at radius 3 is 2.11 bits per heavy atom. The van der Waals surface area contributed by atoms with Crippen LogP contribution >= 0.6 is 0 Å². The summed E-state index contributed by atoms with van der Waals surface area (Å²) < 4.78 is 0. The molecule has 0 aliphatic rings. The molecule has 0 fully saturated rings. The van der Waals surface area contributed by atoms with Gasteiger partial charge >= 0.3 is 29.6 Å². The van der Waals surface area contributed by atoms with Crippen molar-refractivity contribution < 1.29 is 34.7 Å². The molecule has 9 heavy (non-hydrogen) atoms. The topological polar surface area (TPSA) is 20.2 Å². The molecule has 0 aliphatic heterocycles. The van der Waals surface area contributed by atoms with Crippen molar-refractivity contribution in [1.29, 1.82) is 0 Å². The number of aromatic hydroxyl groups is 1. The molecule has 0 heterocycles. The van der Waals surface area contributed by atoms with Crippen LogP contribution in [0.15, 0.2) is 24.3 Å². The third kappa shape index (κ3) is 2.31. The number of benzene rings is 1. The number of hydrogen-bond donors (Lipinski definition) is 1. The van der Waals surface area contributed by atoms with Crippen LogP contribution < -0.4 is 29.6 Å². The van der Waals surface area contributed by atoms with E-state index in [4.69, 9.17) is 5.11 Å². The molecule has 0 atom stereocenters. The van der Waals surface area contributed by atoms with Gasteiger partial charge in [0.25, 0.3) is 0 Å². The monoisotopic (exact) mass is 130 g/mol. The summed E-state index contributed by atoms with van der Waals surface area (Å²) in [4.78, 5) is 0. The molecule has 0 saturated heterocycles. The molecule has 1 aromatic carbocycles. The second-order valence-corrected chi connectivity index (χ2v) is 1.63. The Labute approximate surface area is 77.0 Å². The fraction of sp³-hybridized carbons (Fsp3) is 0. The maximum atomic E-state index is 8.86. The smallest absolute Gasteiger partial charge is 0.565 e. The molecule has 0 saturated carbocycles. The Balaban J connectivity index is 0.000000640. The van der Waals surface area contributed by atoms with Gasteiger partial charge < -0.3 is 5.11 Å². The van der Waals surface area contributed by atoms with Crippen LogP contribution in [0.3, 0.4) is 0 Å². The first-order chi connectivity index (χ1) is 3.80. The van der Waals surface area contributed by atoms with E-state index in [1.54, 1.807) is 18.2 Å².